The highest BCUT2D eigenvalue weighted by molar-refractivity contribution is 5.97. The second-order valence-electron chi connectivity index (χ2n) is 6.54. The Morgan fingerprint density at radius 3 is 2.27 bits per heavy atom. The normalized spacial score (nSPS) is 10.5. The Bertz CT molecular complexity index is 1050. The van der Waals surface area contributed by atoms with Crippen molar-refractivity contribution in [2.45, 2.75) is 19.8 Å². The van der Waals surface area contributed by atoms with E-state index in [1.54, 1.807) is 6.26 Å². The lowest BCUT2D eigenvalue weighted by Crippen LogP contribution is -2.42. The highest BCUT2D eigenvalue weighted by atomic mass is 16.5. The van der Waals surface area contributed by atoms with Gasteiger partial charge in [0, 0.05) is 16.5 Å². The predicted octanol–water partition coefficient (Wildman–Crippen LogP) is 3.02. The minimum atomic E-state index is -0.521. The van der Waals surface area contributed by atoms with Gasteiger partial charge in [0.15, 0.2) is 11.5 Å². The molecule has 0 fully saturated rings. The summed E-state index contributed by atoms with van der Waals surface area (Å²) < 4.78 is 21.3. The molecule has 0 saturated heterocycles. The maximum absolute atomic E-state index is 12.5. The Labute approximate surface area is 174 Å². The maximum Gasteiger partial charge on any atom is 0.269 e. The second-order valence-corrected chi connectivity index (χ2v) is 6.54. The van der Waals surface area contributed by atoms with Crippen LogP contribution >= 0.6 is 0 Å². The number of ether oxygens (including phenoxy) is 3. The van der Waals surface area contributed by atoms with Gasteiger partial charge in [0.05, 0.1) is 34.0 Å². The number of amides is 2. The van der Waals surface area contributed by atoms with Crippen LogP contribution in [0.25, 0.3) is 11.0 Å². The first-order valence-corrected chi connectivity index (χ1v) is 9.38. The summed E-state index contributed by atoms with van der Waals surface area (Å²) in [6.45, 7) is 2.06. The van der Waals surface area contributed by atoms with E-state index in [1.165, 1.54) is 33.5 Å². The highest BCUT2D eigenvalue weighted by Gasteiger charge is 2.18. The first kappa shape index (κ1) is 21.0. The fourth-order valence-electron chi connectivity index (χ4n) is 3.11. The molecular formula is C22H24N2O6. The molecule has 0 radical (unpaired) electrons. The van der Waals surface area contributed by atoms with E-state index in [0.717, 1.165) is 28.5 Å². The quantitative estimate of drug-likeness (QED) is 0.579. The number of hydrogen-bond acceptors (Lipinski definition) is 6. The van der Waals surface area contributed by atoms with Gasteiger partial charge >= 0.3 is 0 Å². The third-order valence-corrected chi connectivity index (χ3v) is 4.72. The molecule has 0 bridgehead atoms. The van der Waals surface area contributed by atoms with Gasteiger partial charge in [-0.15, -0.1) is 0 Å². The van der Waals surface area contributed by atoms with Crippen LogP contribution in [0.1, 0.15) is 28.4 Å². The predicted molar refractivity (Wildman–Crippen MR) is 111 cm³/mol. The molecule has 2 amide bonds. The van der Waals surface area contributed by atoms with E-state index in [0.29, 0.717) is 17.2 Å². The average molecular weight is 412 g/mol. The number of methoxy groups -OCH3 is 3. The number of fused-ring (bicyclic) bond motifs is 1. The van der Waals surface area contributed by atoms with Crippen molar-refractivity contribution in [3.05, 3.63) is 53.3 Å². The minimum absolute atomic E-state index is 0.0635. The van der Waals surface area contributed by atoms with Crippen molar-refractivity contribution in [3.8, 4) is 17.2 Å². The standard InChI is InChI=1S/C22H24N2O6/c1-5-13-6-7-16-15(12-30-17(16)8-13)11-20(25)23-24-22(26)14-9-18(27-2)21(29-4)19(10-14)28-3/h6-10,12H,5,11H2,1-4H3,(H,23,25)(H,24,26). The molecule has 158 valence electrons. The first-order chi connectivity index (χ1) is 14.5. The molecule has 1 aromatic heterocycles. The molecule has 8 nitrogen and oxygen atoms in total. The van der Waals surface area contributed by atoms with E-state index < -0.39 is 5.91 Å². The fraction of sp³-hybridized carbons (Fsp3) is 0.273. The number of aryl methyl sites for hydroxylation is 1. The zero-order valence-corrected chi connectivity index (χ0v) is 17.3. The molecule has 3 rings (SSSR count). The summed E-state index contributed by atoms with van der Waals surface area (Å²) in [5, 5.41) is 0.873. The Hall–Kier alpha value is -3.68. The first-order valence-electron chi connectivity index (χ1n) is 9.38. The Balaban J connectivity index is 1.67. The van der Waals surface area contributed by atoms with Gasteiger partial charge in [0.2, 0.25) is 11.7 Å². The van der Waals surface area contributed by atoms with Gasteiger partial charge < -0.3 is 18.6 Å². The summed E-state index contributed by atoms with van der Waals surface area (Å²) in [5.41, 5.74) is 7.69. The molecule has 0 atom stereocenters. The Kier molecular flexibility index (Phi) is 6.46. The van der Waals surface area contributed by atoms with E-state index in [-0.39, 0.29) is 17.9 Å². The van der Waals surface area contributed by atoms with Gasteiger partial charge in [0.25, 0.3) is 5.91 Å². The minimum Gasteiger partial charge on any atom is -0.493 e. The van der Waals surface area contributed by atoms with E-state index in [9.17, 15) is 9.59 Å². The van der Waals surface area contributed by atoms with Crippen LogP contribution in [0.5, 0.6) is 17.2 Å². The number of carbonyl (C=O) groups is 2. The van der Waals surface area contributed by atoms with Crippen molar-refractivity contribution in [2.24, 2.45) is 0 Å². The molecule has 1 heterocycles. The zero-order chi connectivity index (χ0) is 21.7. The summed E-state index contributed by atoms with van der Waals surface area (Å²) in [4.78, 5) is 24.8. The molecule has 30 heavy (non-hydrogen) atoms. The van der Waals surface area contributed by atoms with Crippen molar-refractivity contribution in [1.29, 1.82) is 0 Å². The lowest BCUT2D eigenvalue weighted by molar-refractivity contribution is -0.121. The van der Waals surface area contributed by atoms with Crippen LogP contribution < -0.4 is 25.1 Å². The van der Waals surface area contributed by atoms with Gasteiger partial charge in [-0.2, -0.15) is 0 Å². The summed E-state index contributed by atoms with van der Waals surface area (Å²) in [7, 11) is 4.39. The molecular weight excluding hydrogens is 388 g/mol. The number of rotatable bonds is 7. The van der Waals surface area contributed by atoms with Crippen molar-refractivity contribution in [3.63, 3.8) is 0 Å². The van der Waals surface area contributed by atoms with E-state index in [4.69, 9.17) is 18.6 Å². The van der Waals surface area contributed by atoms with Crippen LogP contribution in [0.15, 0.2) is 41.0 Å². The van der Waals surface area contributed by atoms with Gasteiger partial charge in [-0.3, -0.25) is 20.4 Å². The molecule has 0 aliphatic carbocycles. The molecule has 0 spiro atoms. The number of furan rings is 1. The van der Waals surface area contributed by atoms with E-state index in [2.05, 4.69) is 17.8 Å². The number of nitrogens with one attached hydrogen (secondary N) is 2. The van der Waals surface area contributed by atoms with E-state index >= 15 is 0 Å². The van der Waals surface area contributed by atoms with Crippen LogP contribution in [0.3, 0.4) is 0 Å². The molecule has 0 aliphatic rings. The Morgan fingerprint density at radius 2 is 1.67 bits per heavy atom. The van der Waals surface area contributed by atoms with Crippen molar-refractivity contribution in [1.82, 2.24) is 10.9 Å². The van der Waals surface area contributed by atoms with Crippen LogP contribution in [0.2, 0.25) is 0 Å². The average Bonchev–Trinajstić information content (AvgIpc) is 3.17. The number of hydrogen-bond donors (Lipinski definition) is 2. The van der Waals surface area contributed by atoms with Gasteiger partial charge in [0.1, 0.15) is 5.58 Å². The third kappa shape index (κ3) is 4.32. The summed E-state index contributed by atoms with van der Waals surface area (Å²) in [5.74, 6) is 0.151. The topological polar surface area (TPSA) is 99.0 Å². The second kappa shape index (κ2) is 9.21. The van der Waals surface area contributed by atoms with Crippen molar-refractivity contribution < 1.29 is 28.2 Å². The molecule has 8 heteroatoms. The number of benzene rings is 2. The summed E-state index contributed by atoms with van der Waals surface area (Å²) >= 11 is 0. The monoisotopic (exact) mass is 412 g/mol. The molecule has 2 aromatic carbocycles. The lowest BCUT2D eigenvalue weighted by Gasteiger charge is -2.14. The highest BCUT2D eigenvalue weighted by Crippen LogP contribution is 2.38. The van der Waals surface area contributed by atoms with Gasteiger partial charge in [-0.1, -0.05) is 19.1 Å². The largest absolute Gasteiger partial charge is 0.493 e. The van der Waals surface area contributed by atoms with Crippen molar-refractivity contribution in [2.75, 3.05) is 21.3 Å². The van der Waals surface area contributed by atoms with E-state index in [1.807, 2.05) is 18.2 Å². The maximum atomic E-state index is 12.5. The summed E-state index contributed by atoms with van der Waals surface area (Å²) in [6, 6.07) is 8.90. The third-order valence-electron chi connectivity index (χ3n) is 4.72. The fourth-order valence-corrected chi connectivity index (χ4v) is 3.11. The van der Waals surface area contributed by atoms with Crippen LogP contribution in [0.4, 0.5) is 0 Å². The van der Waals surface area contributed by atoms with Crippen LogP contribution in [-0.4, -0.2) is 33.1 Å². The molecule has 0 saturated carbocycles. The number of hydrazine groups is 1. The Morgan fingerprint density at radius 1 is 0.967 bits per heavy atom. The molecule has 0 aliphatic heterocycles. The summed E-state index contributed by atoms with van der Waals surface area (Å²) in [6.07, 6.45) is 2.53. The molecule has 3 aromatic rings. The molecule has 0 unspecified atom stereocenters. The smallest absolute Gasteiger partial charge is 0.269 e. The van der Waals surface area contributed by atoms with Gasteiger partial charge in [-0.05, 0) is 30.2 Å². The SMILES string of the molecule is CCc1ccc2c(CC(=O)NNC(=O)c3cc(OC)c(OC)c(OC)c3)coc2c1. The van der Waals surface area contributed by atoms with Crippen molar-refractivity contribution >= 4 is 22.8 Å². The zero-order valence-electron chi connectivity index (χ0n) is 17.3. The van der Waals surface area contributed by atoms with Crippen LogP contribution in [0, 0.1) is 0 Å². The van der Waals surface area contributed by atoms with Gasteiger partial charge in [-0.25, -0.2) is 0 Å². The lowest BCUT2D eigenvalue weighted by atomic mass is 10.1. The van der Waals surface area contributed by atoms with Crippen LogP contribution in [-0.2, 0) is 17.6 Å². The molecule has 2 N–H and O–H groups in total. The number of carbonyl (C=O) groups excluding carboxylic acids is 2.